The van der Waals surface area contributed by atoms with Gasteiger partial charge in [-0.1, -0.05) is 24.3 Å². The van der Waals surface area contributed by atoms with Gasteiger partial charge in [0, 0.05) is 131 Å². The molecule has 0 aliphatic heterocycles. The average Bonchev–Trinajstić information content (AvgIpc) is 1.65. The highest BCUT2D eigenvalue weighted by molar-refractivity contribution is 7.14. The third-order valence-corrected chi connectivity index (χ3v) is 22.6. The fourth-order valence-corrected chi connectivity index (χ4v) is 15.9. The molecule has 19 rings (SSSR count). The summed E-state index contributed by atoms with van der Waals surface area (Å²) in [6, 6.07) is 22.5. The number of aromatic amines is 4. The molecule has 16 aromatic heterocycles. The van der Waals surface area contributed by atoms with Crippen molar-refractivity contribution in [2.24, 2.45) is 11.8 Å². The summed E-state index contributed by atoms with van der Waals surface area (Å²) < 4.78 is 36.5. The zero-order valence-electron chi connectivity index (χ0n) is 64.1. The molecule has 0 saturated heterocycles. The van der Waals surface area contributed by atoms with Crippen molar-refractivity contribution in [2.45, 2.75) is 89.3 Å². The highest BCUT2D eigenvalue weighted by atomic mass is 32.1. The van der Waals surface area contributed by atoms with Crippen LogP contribution in [0.5, 0.6) is 0 Å². The van der Waals surface area contributed by atoms with Gasteiger partial charge < -0.3 is 41.3 Å². The molecule has 0 atom stereocenters. The number of aromatic nitrogens is 24. The van der Waals surface area contributed by atoms with Crippen molar-refractivity contribution in [3.8, 4) is 87.8 Å². The molecule has 622 valence electrons. The number of ether oxygens (including phenoxy) is 1. The summed E-state index contributed by atoms with van der Waals surface area (Å²) >= 11 is 5.49. The first-order valence-corrected chi connectivity index (χ1v) is 41.4. The van der Waals surface area contributed by atoms with Crippen LogP contribution in [0.1, 0.15) is 92.9 Å². The van der Waals surface area contributed by atoms with Crippen LogP contribution in [0.25, 0.3) is 87.8 Å². The van der Waals surface area contributed by atoms with Crippen LogP contribution in [0.4, 0.5) is 31.5 Å². The van der Waals surface area contributed by atoms with Crippen molar-refractivity contribution in [3.05, 3.63) is 216 Å². The van der Waals surface area contributed by atoms with Gasteiger partial charge in [-0.2, -0.15) is 40.8 Å². The number of carbonyl (C=O) groups excluding carboxylic acids is 4. The lowest BCUT2D eigenvalue weighted by Gasteiger charge is -2.31. The smallest absolute Gasteiger partial charge is 0.290 e. The van der Waals surface area contributed by atoms with Crippen LogP contribution in [0, 0.1) is 11.8 Å². The monoisotopic (exact) mass is 1720 g/mol. The van der Waals surface area contributed by atoms with E-state index in [4.69, 9.17) is 19.7 Å². The number of aliphatic hydroxyl groups is 2. The van der Waals surface area contributed by atoms with Gasteiger partial charge in [-0.25, -0.2) is 28.7 Å². The summed E-state index contributed by atoms with van der Waals surface area (Å²) in [7, 11) is 0. The average molecular weight is 1730 g/mol. The lowest BCUT2D eigenvalue weighted by molar-refractivity contribution is -0.122. The van der Waals surface area contributed by atoms with Gasteiger partial charge in [0.25, 0.3) is 36.5 Å². The Hall–Kier alpha value is -14.1. The third-order valence-electron chi connectivity index (χ3n) is 19.0. The van der Waals surface area contributed by atoms with Crippen molar-refractivity contribution < 1.29 is 52.8 Å². The highest BCUT2D eigenvalue weighted by Crippen LogP contribution is 2.38. The molecular weight excluding hydrogens is 1650 g/mol. The van der Waals surface area contributed by atoms with Gasteiger partial charge in [0.05, 0.1) is 102 Å². The molecule has 3 aliphatic carbocycles. The second-order valence-corrected chi connectivity index (χ2v) is 31.1. The Morgan fingerprint density at radius 1 is 0.475 bits per heavy atom. The second-order valence-electron chi connectivity index (χ2n) is 27.7. The van der Waals surface area contributed by atoms with Crippen LogP contribution in [-0.4, -0.2) is 197 Å². The van der Waals surface area contributed by atoms with Crippen molar-refractivity contribution in [1.82, 2.24) is 120 Å². The molecule has 11 N–H and O–H groups in total. The van der Waals surface area contributed by atoms with E-state index in [2.05, 4.69) is 117 Å². The highest BCUT2D eigenvalue weighted by Gasteiger charge is 2.32. The summed E-state index contributed by atoms with van der Waals surface area (Å²) in [6.07, 6.45) is 31.0. The van der Waals surface area contributed by atoms with Gasteiger partial charge in [0.2, 0.25) is 0 Å². The number of halogens is 2. The van der Waals surface area contributed by atoms with E-state index in [0.29, 0.717) is 116 Å². The van der Waals surface area contributed by atoms with Gasteiger partial charge >= 0.3 is 0 Å². The zero-order chi connectivity index (χ0) is 84.3. The van der Waals surface area contributed by atoms with Crippen molar-refractivity contribution in [2.75, 3.05) is 34.5 Å². The van der Waals surface area contributed by atoms with E-state index >= 15 is 0 Å². The summed E-state index contributed by atoms with van der Waals surface area (Å²) in [5.74, 6) is -0.520. The van der Waals surface area contributed by atoms with Crippen LogP contribution in [0.3, 0.4) is 0 Å². The lowest BCUT2D eigenvalue weighted by atomic mass is 9.82. The van der Waals surface area contributed by atoms with E-state index in [9.17, 15) is 38.2 Å². The SMILES string of the molecule is O=C(Nc1cn(C2CCC2)nc1-c1ccccn1)c1csc(-c2cn[nH]c2)n1.O=C(Nc1cn(CC2CC(O)C2)nc1-c1ccccn1)c1csc(-c2cn[nH]c2)n1.O=C(Nc1cn(CC2CC(O)C2)nc1-c1ccccn1)c1csc(-c2cn[nH]c2)n1.O=C(Nc1cn(CCOCC(F)F)nc1-c1ccccn1)c1csc(-c2cn[nH]c2)n1.O=CO. The summed E-state index contributed by atoms with van der Waals surface area (Å²) in [5.41, 5.74) is 11.8. The number of carboxylic acid groups (broad SMARTS) is 1. The number of alkyl halides is 2. The number of H-pyrrole nitrogens is 4. The van der Waals surface area contributed by atoms with E-state index in [0.717, 1.165) is 81.5 Å². The maximum absolute atomic E-state index is 12.8. The second kappa shape index (κ2) is 39.6. The van der Waals surface area contributed by atoms with Crippen LogP contribution in [-0.2, 0) is 29.2 Å². The summed E-state index contributed by atoms with van der Waals surface area (Å²) in [5, 5.41) is 92.3. The molecule has 0 aromatic carbocycles. The number of nitrogens with one attached hydrogen (secondary N) is 8. The van der Waals surface area contributed by atoms with Gasteiger partial charge in [0.1, 0.15) is 72.2 Å². The number of nitrogens with zero attached hydrogens (tertiary/aromatic N) is 20. The number of thiazole rings is 4. The zero-order valence-corrected chi connectivity index (χ0v) is 67.4. The first kappa shape index (κ1) is 83.0. The number of anilines is 4. The van der Waals surface area contributed by atoms with E-state index in [1.165, 1.54) is 56.4 Å². The molecular formula is C79H74F2N28O9S4. The molecule has 43 heteroatoms. The van der Waals surface area contributed by atoms with Crippen LogP contribution >= 0.6 is 45.3 Å². The molecule has 0 spiro atoms. The van der Waals surface area contributed by atoms with Crippen LogP contribution in [0.2, 0.25) is 0 Å². The van der Waals surface area contributed by atoms with Gasteiger partial charge in [0.15, 0.2) is 0 Å². The number of pyridine rings is 4. The first-order valence-electron chi connectivity index (χ1n) is 37.9. The molecule has 4 amide bonds. The summed E-state index contributed by atoms with van der Waals surface area (Å²) in [4.78, 5) is 94.6. The maximum atomic E-state index is 12.8. The fourth-order valence-electron chi connectivity index (χ4n) is 12.7. The quantitative estimate of drug-likeness (QED) is 0.0177. The molecule has 37 nitrogen and oxygen atoms in total. The van der Waals surface area contributed by atoms with Gasteiger partial charge in [-0.3, -0.25) is 83.0 Å². The third kappa shape index (κ3) is 21.1. The number of hydrogen-bond acceptors (Lipinski definition) is 28. The molecule has 0 bridgehead atoms. The van der Waals surface area contributed by atoms with E-state index in [1.807, 2.05) is 87.2 Å². The predicted molar refractivity (Wildman–Crippen MR) is 448 cm³/mol. The standard InChI is InChI=1S/2C20H19N7O2S.C19H17F2N7O2S.C19H17N7OS.CH2O2/c2*28-14-5-12(6-14)9-27-10-16(18(26-27)15-3-1-2-4-21-15)24-19(29)17-11-30-20(25-17)13-7-22-23-8-13;20-16(21)10-30-6-5-28-9-14(17(27-28)13-3-1-2-4-22-13)25-18(29)15-11-31-19(26-15)12-7-23-24-8-12;27-18(16-11-28-19(24-16)12-8-21-22-9-12)23-15-10-26(13-4-3-5-13)25-17(15)14-6-1-2-7-20-14;2-1-3/h2*1-4,7-8,10-12,14,28H,5-6,9H2,(H,22,23)(H,24,29);1-4,7-9,11,16H,5-6,10H2,(H,23,24)(H,25,29);1-2,6-11,13H,3-5H2,(H,21,22)(H,23,27);1H,(H,2,3). The first-order chi connectivity index (χ1) is 59.6. The maximum Gasteiger partial charge on any atom is 0.290 e. The minimum atomic E-state index is -2.53. The molecule has 16 aromatic rings. The van der Waals surface area contributed by atoms with Crippen LogP contribution < -0.4 is 21.3 Å². The van der Waals surface area contributed by atoms with E-state index < -0.39 is 18.9 Å². The largest absolute Gasteiger partial charge is 0.483 e. The number of aliphatic hydroxyl groups excluding tert-OH is 2. The summed E-state index contributed by atoms with van der Waals surface area (Å²) in [6.45, 7) is 0.786. The minimum Gasteiger partial charge on any atom is -0.483 e. The molecule has 3 aliphatic rings. The van der Waals surface area contributed by atoms with E-state index in [1.54, 1.807) is 120 Å². The normalized spacial score (nSPS) is 15.1. The topological polar surface area (TPSA) is 493 Å². The number of carbonyl (C=O) groups is 5. The number of rotatable bonds is 26. The number of amides is 4. The van der Waals surface area contributed by atoms with Crippen LogP contribution in [0.15, 0.2) is 193 Å². The van der Waals surface area contributed by atoms with Gasteiger partial charge in [-0.15, -0.1) is 45.3 Å². The Balaban J connectivity index is 0.000000125. The Morgan fingerprint density at radius 2 is 0.795 bits per heavy atom. The van der Waals surface area contributed by atoms with Gasteiger partial charge in [-0.05, 0) is 105 Å². The molecule has 0 unspecified atom stereocenters. The Morgan fingerprint density at radius 3 is 1.08 bits per heavy atom. The molecule has 122 heavy (non-hydrogen) atoms. The lowest BCUT2D eigenvalue weighted by Crippen LogP contribution is -2.31. The van der Waals surface area contributed by atoms with Crippen molar-refractivity contribution in [3.63, 3.8) is 0 Å². The Bertz CT molecular complexity index is 5860. The van der Waals surface area contributed by atoms with E-state index in [-0.39, 0.29) is 55.2 Å². The number of hydrogen-bond donors (Lipinski definition) is 11. The van der Waals surface area contributed by atoms with Crippen molar-refractivity contribution in [1.29, 1.82) is 0 Å². The minimum absolute atomic E-state index is 0.0568. The molecule has 3 saturated carbocycles. The fraction of sp³-hybridized carbons (Fsp3) is 0.228. The van der Waals surface area contributed by atoms with Crippen molar-refractivity contribution >= 4 is 98.2 Å². The molecule has 16 heterocycles. The molecule has 3 fully saturated rings. The molecule has 0 radical (unpaired) electrons. The Labute approximate surface area is 706 Å². The Kier molecular flexibility index (Phi) is 27.0. The predicted octanol–water partition coefficient (Wildman–Crippen LogP) is 12.4.